The van der Waals surface area contributed by atoms with Crippen LogP contribution in [0.5, 0.6) is 11.5 Å². The smallest absolute Gasteiger partial charge is 0.423 e. The fourth-order valence-electron chi connectivity index (χ4n) is 1.91. The molecule has 0 fully saturated rings. The highest BCUT2D eigenvalue weighted by Gasteiger charge is 2.30. The highest BCUT2D eigenvalue weighted by Crippen LogP contribution is 2.30. The molecule has 0 spiro atoms. The van der Waals surface area contributed by atoms with E-state index in [-0.39, 0.29) is 23.8 Å². The van der Waals surface area contributed by atoms with E-state index < -0.39 is 16.1 Å². The Morgan fingerprint density at radius 1 is 1.13 bits per heavy atom. The molecule has 23 heavy (non-hydrogen) atoms. The van der Waals surface area contributed by atoms with E-state index in [1.807, 2.05) is 6.92 Å². The minimum atomic E-state index is -4.03. The number of methoxy groups -OCH3 is 2. The molecule has 0 radical (unpaired) electrons. The zero-order valence-electron chi connectivity index (χ0n) is 13.9. The Bertz CT molecular complexity index is 629. The van der Waals surface area contributed by atoms with Crippen molar-refractivity contribution in [3.8, 4) is 11.5 Å². The van der Waals surface area contributed by atoms with Gasteiger partial charge in [0, 0.05) is 12.6 Å². The monoisotopic (exact) mass is 345 g/mol. The molecule has 0 bridgehead atoms. The largest absolute Gasteiger partial charge is 0.493 e. The number of sulfonamides is 1. The molecule has 0 aromatic heterocycles. The van der Waals surface area contributed by atoms with Crippen molar-refractivity contribution in [2.45, 2.75) is 31.6 Å². The van der Waals surface area contributed by atoms with Crippen LogP contribution in [-0.4, -0.2) is 46.2 Å². The van der Waals surface area contributed by atoms with Crippen molar-refractivity contribution in [1.82, 2.24) is 4.31 Å². The third-order valence-electron chi connectivity index (χ3n) is 3.13. The van der Waals surface area contributed by atoms with Crippen LogP contribution >= 0.6 is 0 Å². The Kier molecular flexibility index (Phi) is 7.15. The van der Waals surface area contributed by atoms with Crippen molar-refractivity contribution in [3.05, 3.63) is 18.2 Å². The zero-order valence-corrected chi connectivity index (χ0v) is 14.7. The van der Waals surface area contributed by atoms with Crippen molar-refractivity contribution in [1.29, 1.82) is 0 Å². The zero-order chi connectivity index (χ0) is 17.5. The standard InChI is InChI=1S/C15H23NO6S/c1-5-7-10-16(15(17)22-6-2)23(18,19)12-8-9-13(20-3)14(11-12)21-4/h8-9,11H,5-7,10H2,1-4H3. The lowest BCUT2D eigenvalue weighted by Gasteiger charge is -2.22. The molecule has 0 aliphatic carbocycles. The Hall–Kier alpha value is -1.96. The van der Waals surface area contributed by atoms with Crippen LogP contribution in [0.4, 0.5) is 4.79 Å². The van der Waals surface area contributed by atoms with Crippen LogP contribution < -0.4 is 9.47 Å². The first-order valence-corrected chi connectivity index (χ1v) is 8.77. The van der Waals surface area contributed by atoms with Gasteiger partial charge in [0.15, 0.2) is 11.5 Å². The third-order valence-corrected chi connectivity index (χ3v) is 4.89. The minimum absolute atomic E-state index is 0.0562. The lowest BCUT2D eigenvalue weighted by atomic mass is 10.3. The van der Waals surface area contributed by atoms with E-state index in [0.29, 0.717) is 12.2 Å². The number of hydrogen-bond acceptors (Lipinski definition) is 6. The first-order chi connectivity index (χ1) is 10.9. The van der Waals surface area contributed by atoms with E-state index in [1.54, 1.807) is 6.92 Å². The van der Waals surface area contributed by atoms with Gasteiger partial charge in [-0.25, -0.2) is 17.5 Å². The lowest BCUT2D eigenvalue weighted by molar-refractivity contribution is 0.130. The summed E-state index contributed by atoms with van der Waals surface area (Å²) < 4.78 is 41.3. The van der Waals surface area contributed by atoms with Crippen LogP contribution in [0.25, 0.3) is 0 Å². The van der Waals surface area contributed by atoms with Gasteiger partial charge in [-0.05, 0) is 25.5 Å². The van der Waals surface area contributed by atoms with Crippen molar-refractivity contribution in [3.63, 3.8) is 0 Å². The maximum atomic E-state index is 12.8. The second kappa shape index (κ2) is 8.61. The molecule has 0 saturated carbocycles. The number of ether oxygens (including phenoxy) is 3. The van der Waals surface area contributed by atoms with Crippen molar-refractivity contribution >= 4 is 16.1 Å². The normalized spacial score (nSPS) is 11.0. The molecule has 0 aliphatic heterocycles. The molecular weight excluding hydrogens is 322 g/mol. The second-order valence-corrected chi connectivity index (χ2v) is 6.51. The van der Waals surface area contributed by atoms with E-state index in [0.717, 1.165) is 10.7 Å². The van der Waals surface area contributed by atoms with Gasteiger partial charge in [-0.3, -0.25) is 0 Å². The van der Waals surface area contributed by atoms with Gasteiger partial charge in [0.05, 0.1) is 25.7 Å². The van der Waals surface area contributed by atoms with Gasteiger partial charge in [-0.1, -0.05) is 13.3 Å². The van der Waals surface area contributed by atoms with Gasteiger partial charge < -0.3 is 14.2 Å². The van der Waals surface area contributed by atoms with Crippen molar-refractivity contribution in [2.75, 3.05) is 27.4 Å². The van der Waals surface area contributed by atoms with E-state index in [2.05, 4.69) is 0 Å². The molecule has 1 aromatic rings. The predicted octanol–water partition coefficient (Wildman–Crippen LogP) is 2.65. The van der Waals surface area contributed by atoms with Crippen LogP contribution in [-0.2, 0) is 14.8 Å². The van der Waals surface area contributed by atoms with Crippen molar-refractivity contribution < 1.29 is 27.4 Å². The topological polar surface area (TPSA) is 82.1 Å². The SMILES string of the molecule is CCCCN(C(=O)OCC)S(=O)(=O)c1ccc(OC)c(OC)c1. The average molecular weight is 345 g/mol. The summed E-state index contributed by atoms with van der Waals surface area (Å²) >= 11 is 0. The molecule has 0 saturated heterocycles. The number of rotatable bonds is 8. The maximum Gasteiger partial charge on any atom is 0.423 e. The number of hydrogen-bond donors (Lipinski definition) is 0. The van der Waals surface area contributed by atoms with E-state index >= 15 is 0 Å². The van der Waals surface area contributed by atoms with Gasteiger partial charge >= 0.3 is 6.09 Å². The summed E-state index contributed by atoms with van der Waals surface area (Å²) in [5, 5.41) is 0. The fraction of sp³-hybridized carbons (Fsp3) is 0.533. The number of amides is 1. The lowest BCUT2D eigenvalue weighted by Crippen LogP contribution is -2.38. The molecule has 8 heteroatoms. The van der Waals surface area contributed by atoms with Gasteiger partial charge in [0.1, 0.15) is 0 Å². The van der Waals surface area contributed by atoms with Gasteiger partial charge in [-0.15, -0.1) is 0 Å². The number of benzene rings is 1. The summed E-state index contributed by atoms with van der Waals surface area (Å²) in [5.74, 6) is 0.676. The Balaban J connectivity index is 3.25. The van der Waals surface area contributed by atoms with Crippen LogP contribution in [0.3, 0.4) is 0 Å². The van der Waals surface area contributed by atoms with E-state index in [4.69, 9.17) is 14.2 Å². The number of carbonyl (C=O) groups excluding carboxylic acids is 1. The molecule has 0 heterocycles. The quantitative estimate of drug-likeness (QED) is 0.720. The van der Waals surface area contributed by atoms with Crippen molar-refractivity contribution in [2.24, 2.45) is 0 Å². The molecule has 1 amide bonds. The summed E-state index contributed by atoms with van der Waals surface area (Å²) in [7, 11) is -1.16. The second-order valence-electron chi connectivity index (χ2n) is 4.65. The highest BCUT2D eigenvalue weighted by molar-refractivity contribution is 7.89. The molecule has 0 aliphatic rings. The van der Waals surface area contributed by atoms with E-state index in [9.17, 15) is 13.2 Å². The number of unbranched alkanes of at least 4 members (excludes halogenated alkanes) is 1. The maximum absolute atomic E-state index is 12.8. The summed E-state index contributed by atoms with van der Waals surface area (Å²) in [6.45, 7) is 3.69. The summed E-state index contributed by atoms with van der Waals surface area (Å²) in [5.41, 5.74) is 0. The first-order valence-electron chi connectivity index (χ1n) is 7.33. The average Bonchev–Trinajstić information content (AvgIpc) is 2.54. The van der Waals surface area contributed by atoms with Crippen LogP contribution in [0.15, 0.2) is 23.1 Å². The predicted molar refractivity (Wildman–Crippen MR) is 85.4 cm³/mol. The molecule has 0 unspecified atom stereocenters. The first kappa shape index (κ1) is 19.1. The highest BCUT2D eigenvalue weighted by atomic mass is 32.2. The number of nitrogens with zero attached hydrogens (tertiary/aromatic N) is 1. The molecule has 7 nitrogen and oxygen atoms in total. The molecular formula is C15H23NO6S. The third kappa shape index (κ3) is 4.51. The molecule has 130 valence electrons. The summed E-state index contributed by atoms with van der Waals surface area (Å²) in [4.78, 5) is 12.0. The van der Waals surface area contributed by atoms with E-state index in [1.165, 1.54) is 32.4 Å². The van der Waals surface area contributed by atoms with Crippen LogP contribution in [0.1, 0.15) is 26.7 Å². The molecule has 1 rings (SSSR count). The number of carbonyl (C=O) groups is 1. The Morgan fingerprint density at radius 2 is 1.78 bits per heavy atom. The Morgan fingerprint density at radius 3 is 2.30 bits per heavy atom. The molecule has 1 aromatic carbocycles. The minimum Gasteiger partial charge on any atom is -0.493 e. The summed E-state index contributed by atoms with van der Waals surface area (Å²) in [6.07, 6.45) is 0.415. The van der Waals surface area contributed by atoms with Gasteiger partial charge in [0.2, 0.25) is 0 Å². The molecule has 0 N–H and O–H groups in total. The van der Waals surface area contributed by atoms with Crippen LogP contribution in [0.2, 0.25) is 0 Å². The van der Waals surface area contributed by atoms with Gasteiger partial charge in [0.25, 0.3) is 10.0 Å². The van der Waals surface area contributed by atoms with Gasteiger partial charge in [-0.2, -0.15) is 0 Å². The van der Waals surface area contributed by atoms with Crippen LogP contribution in [0, 0.1) is 0 Å². The Labute approximate surface area is 137 Å². The molecule has 0 atom stereocenters. The summed E-state index contributed by atoms with van der Waals surface area (Å²) in [6, 6.07) is 4.18. The fourth-order valence-corrected chi connectivity index (χ4v) is 3.28.